The summed E-state index contributed by atoms with van der Waals surface area (Å²) in [6, 6.07) is 23.6. The molecule has 0 saturated carbocycles. The van der Waals surface area contributed by atoms with Gasteiger partial charge in [0.1, 0.15) is 11.4 Å². The summed E-state index contributed by atoms with van der Waals surface area (Å²) in [5.41, 5.74) is 7.63. The van der Waals surface area contributed by atoms with Crippen LogP contribution in [0.15, 0.2) is 72.9 Å². The SMILES string of the molecule is CCCCC1(CC(C)C)NC(c2ccc(OCCc3ccc(Cl)cc3)cc2)=CN1c1ccc2c(c1)CNCC2. The summed E-state index contributed by atoms with van der Waals surface area (Å²) in [7, 11) is 0. The van der Waals surface area contributed by atoms with Gasteiger partial charge in [-0.2, -0.15) is 0 Å². The molecule has 5 rings (SSSR count). The Labute approximate surface area is 239 Å². The van der Waals surface area contributed by atoms with Crippen molar-refractivity contribution in [2.75, 3.05) is 18.1 Å². The van der Waals surface area contributed by atoms with Gasteiger partial charge >= 0.3 is 0 Å². The van der Waals surface area contributed by atoms with Crippen LogP contribution in [0, 0.1) is 5.92 Å². The highest BCUT2D eigenvalue weighted by atomic mass is 35.5. The summed E-state index contributed by atoms with van der Waals surface area (Å²) in [5.74, 6) is 1.46. The molecule has 2 N–H and O–H groups in total. The lowest BCUT2D eigenvalue weighted by Gasteiger charge is -2.42. The van der Waals surface area contributed by atoms with Gasteiger partial charge < -0.3 is 20.3 Å². The van der Waals surface area contributed by atoms with Gasteiger partial charge in [0, 0.05) is 29.9 Å². The van der Waals surface area contributed by atoms with E-state index in [1.165, 1.54) is 46.5 Å². The molecule has 0 fully saturated rings. The summed E-state index contributed by atoms with van der Waals surface area (Å²) in [5, 5.41) is 8.33. The van der Waals surface area contributed by atoms with Crippen molar-refractivity contribution in [2.45, 2.75) is 71.5 Å². The summed E-state index contributed by atoms with van der Waals surface area (Å²) in [6.45, 7) is 9.60. The molecule has 39 heavy (non-hydrogen) atoms. The molecule has 2 aliphatic rings. The molecule has 0 aromatic heterocycles. The lowest BCUT2D eigenvalue weighted by molar-refractivity contribution is 0.290. The monoisotopic (exact) mass is 543 g/mol. The highest BCUT2D eigenvalue weighted by Gasteiger charge is 2.41. The van der Waals surface area contributed by atoms with Crippen molar-refractivity contribution in [1.82, 2.24) is 10.6 Å². The molecular weight excluding hydrogens is 502 g/mol. The van der Waals surface area contributed by atoms with Crippen molar-refractivity contribution in [2.24, 2.45) is 5.92 Å². The average Bonchev–Trinajstić information content (AvgIpc) is 3.31. The maximum Gasteiger partial charge on any atom is 0.119 e. The van der Waals surface area contributed by atoms with Crippen LogP contribution in [-0.2, 0) is 19.4 Å². The molecule has 0 bridgehead atoms. The van der Waals surface area contributed by atoms with Gasteiger partial charge in [-0.25, -0.2) is 0 Å². The van der Waals surface area contributed by atoms with Gasteiger partial charge in [0.15, 0.2) is 0 Å². The highest BCUT2D eigenvalue weighted by molar-refractivity contribution is 6.30. The Hall–Kier alpha value is -2.95. The van der Waals surface area contributed by atoms with Gasteiger partial charge in [-0.05, 0) is 109 Å². The smallest absolute Gasteiger partial charge is 0.119 e. The van der Waals surface area contributed by atoms with Gasteiger partial charge in [0.05, 0.1) is 12.3 Å². The van der Waals surface area contributed by atoms with E-state index in [0.717, 1.165) is 49.5 Å². The summed E-state index contributed by atoms with van der Waals surface area (Å²) >= 11 is 6.00. The minimum atomic E-state index is -0.135. The van der Waals surface area contributed by atoms with Crippen LogP contribution in [0.2, 0.25) is 5.02 Å². The first kappa shape index (κ1) is 27.6. The minimum Gasteiger partial charge on any atom is -0.493 e. The minimum absolute atomic E-state index is 0.135. The largest absolute Gasteiger partial charge is 0.493 e. The Morgan fingerprint density at radius 3 is 2.54 bits per heavy atom. The summed E-state index contributed by atoms with van der Waals surface area (Å²) in [4.78, 5) is 2.53. The second-order valence-corrected chi connectivity index (χ2v) is 11.8. The molecule has 2 aliphatic heterocycles. The molecule has 4 nitrogen and oxygen atoms in total. The number of nitrogens with one attached hydrogen (secondary N) is 2. The molecule has 0 radical (unpaired) electrons. The molecule has 0 saturated heterocycles. The highest BCUT2D eigenvalue weighted by Crippen LogP contribution is 2.40. The Kier molecular flexibility index (Phi) is 8.84. The average molecular weight is 544 g/mol. The number of fused-ring (bicyclic) bond motifs is 1. The van der Waals surface area contributed by atoms with Gasteiger partial charge in [0.25, 0.3) is 0 Å². The zero-order valence-corrected chi connectivity index (χ0v) is 24.4. The van der Waals surface area contributed by atoms with Gasteiger partial charge in [-0.1, -0.05) is 57.0 Å². The fourth-order valence-corrected chi connectivity index (χ4v) is 6.05. The van der Waals surface area contributed by atoms with E-state index >= 15 is 0 Å². The number of hydrogen-bond donors (Lipinski definition) is 2. The maximum atomic E-state index is 6.06. The van der Waals surface area contributed by atoms with Crippen LogP contribution >= 0.6 is 11.6 Å². The van der Waals surface area contributed by atoms with Crippen LogP contribution in [0.5, 0.6) is 5.75 Å². The second kappa shape index (κ2) is 12.5. The van der Waals surface area contributed by atoms with Crippen LogP contribution < -0.4 is 20.3 Å². The second-order valence-electron chi connectivity index (χ2n) is 11.4. The van der Waals surface area contributed by atoms with E-state index in [1.807, 2.05) is 12.1 Å². The molecule has 1 atom stereocenters. The van der Waals surface area contributed by atoms with Gasteiger partial charge in [0.2, 0.25) is 0 Å². The van der Waals surface area contributed by atoms with Gasteiger partial charge in [-0.15, -0.1) is 0 Å². The van der Waals surface area contributed by atoms with E-state index in [9.17, 15) is 0 Å². The normalized spacial score (nSPS) is 18.6. The van der Waals surface area contributed by atoms with Crippen LogP contribution in [0.4, 0.5) is 5.69 Å². The molecule has 0 amide bonds. The van der Waals surface area contributed by atoms with E-state index in [2.05, 4.69) is 97.1 Å². The first-order valence-corrected chi connectivity index (χ1v) is 14.9. The van der Waals surface area contributed by atoms with Crippen molar-refractivity contribution < 1.29 is 4.74 Å². The molecule has 2 heterocycles. The standard InChI is InChI=1S/C34H42ClN3O/c1-4-5-18-34(22-25(2)3)37-33(24-38(34)31-13-8-27-16-19-36-23-29(27)21-31)28-9-14-32(15-10-28)39-20-17-26-6-11-30(35)12-7-26/h6-15,21,24-25,36-37H,4-5,16-20,22-23H2,1-3H3. The number of halogens is 1. The topological polar surface area (TPSA) is 36.5 Å². The number of ether oxygens (including phenoxy) is 1. The van der Waals surface area contributed by atoms with Crippen LogP contribution in [0.25, 0.3) is 5.70 Å². The fourth-order valence-electron chi connectivity index (χ4n) is 5.93. The van der Waals surface area contributed by atoms with Crippen molar-refractivity contribution in [3.8, 4) is 5.75 Å². The molecule has 1 unspecified atom stereocenters. The predicted octanol–water partition coefficient (Wildman–Crippen LogP) is 7.95. The Morgan fingerprint density at radius 1 is 1.00 bits per heavy atom. The molecule has 0 aliphatic carbocycles. The number of anilines is 1. The first-order valence-electron chi connectivity index (χ1n) is 14.6. The van der Waals surface area contributed by atoms with Crippen molar-refractivity contribution in [3.63, 3.8) is 0 Å². The summed E-state index contributed by atoms with van der Waals surface area (Å²) in [6.07, 6.45) is 8.84. The third kappa shape index (κ3) is 6.62. The lowest BCUT2D eigenvalue weighted by Crippen LogP contribution is -2.53. The van der Waals surface area contributed by atoms with Crippen LogP contribution in [0.1, 0.15) is 68.7 Å². The molecule has 5 heteroatoms. The summed E-state index contributed by atoms with van der Waals surface area (Å²) < 4.78 is 6.06. The van der Waals surface area contributed by atoms with E-state index in [0.29, 0.717) is 12.5 Å². The number of hydrogen-bond acceptors (Lipinski definition) is 4. The third-order valence-corrected chi connectivity index (χ3v) is 8.12. The van der Waals surface area contributed by atoms with Crippen molar-refractivity contribution in [3.05, 3.63) is 100 Å². The fraction of sp³-hybridized carbons (Fsp3) is 0.412. The van der Waals surface area contributed by atoms with Crippen molar-refractivity contribution >= 4 is 23.0 Å². The first-order chi connectivity index (χ1) is 19.0. The van der Waals surface area contributed by atoms with Crippen LogP contribution in [0.3, 0.4) is 0 Å². The predicted molar refractivity (Wildman–Crippen MR) is 164 cm³/mol. The quantitative estimate of drug-likeness (QED) is 0.257. The Morgan fingerprint density at radius 2 is 1.79 bits per heavy atom. The molecule has 3 aromatic carbocycles. The van der Waals surface area contributed by atoms with E-state index < -0.39 is 0 Å². The van der Waals surface area contributed by atoms with Crippen LogP contribution in [-0.4, -0.2) is 18.8 Å². The molecule has 3 aromatic rings. The number of unbranched alkanes of at least 4 members (excludes halogenated alkanes) is 1. The number of nitrogens with zero attached hydrogens (tertiary/aromatic N) is 1. The van der Waals surface area contributed by atoms with Crippen molar-refractivity contribution in [1.29, 1.82) is 0 Å². The zero-order valence-electron chi connectivity index (χ0n) is 23.6. The molecular formula is C34H42ClN3O. The molecule has 206 valence electrons. The van der Waals surface area contributed by atoms with E-state index in [-0.39, 0.29) is 5.66 Å². The Balaban J connectivity index is 1.36. The third-order valence-electron chi connectivity index (χ3n) is 7.87. The van der Waals surface area contributed by atoms with Gasteiger partial charge in [-0.3, -0.25) is 0 Å². The van der Waals surface area contributed by atoms with E-state index in [1.54, 1.807) is 0 Å². The Bertz CT molecular complexity index is 1270. The number of benzene rings is 3. The zero-order chi connectivity index (χ0) is 27.2. The van der Waals surface area contributed by atoms with E-state index in [4.69, 9.17) is 16.3 Å². The number of rotatable bonds is 11. The molecule has 0 spiro atoms. The lowest BCUT2D eigenvalue weighted by atomic mass is 9.90. The maximum absolute atomic E-state index is 6.06.